The van der Waals surface area contributed by atoms with Crippen LogP contribution in [0.2, 0.25) is 10.4 Å². The van der Waals surface area contributed by atoms with Crippen LogP contribution < -0.4 is 9.47 Å². The molecule has 94 valence electrons. The molecule has 7 heteroatoms. The van der Waals surface area contributed by atoms with Gasteiger partial charge in [0.2, 0.25) is 10.4 Å². The van der Waals surface area contributed by atoms with E-state index >= 15 is 0 Å². The summed E-state index contributed by atoms with van der Waals surface area (Å²) in [5.41, 5.74) is 0.946. The summed E-state index contributed by atoms with van der Waals surface area (Å²) in [6, 6.07) is 7.43. The SMILES string of the molecule is COc1ccc(COc2nc(Cl)nnc2Cl)cc1. The Morgan fingerprint density at radius 1 is 1.11 bits per heavy atom. The summed E-state index contributed by atoms with van der Waals surface area (Å²) in [6.45, 7) is 0.304. The monoisotopic (exact) mass is 285 g/mol. The van der Waals surface area contributed by atoms with Gasteiger partial charge in [0.25, 0.3) is 5.88 Å². The first-order chi connectivity index (χ1) is 8.69. The highest BCUT2D eigenvalue weighted by molar-refractivity contribution is 6.31. The molecule has 18 heavy (non-hydrogen) atoms. The summed E-state index contributed by atoms with van der Waals surface area (Å²) in [6.07, 6.45) is 0. The fourth-order valence-corrected chi connectivity index (χ4v) is 1.49. The quantitative estimate of drug-likeness (QED) is 0.865. The Morgan fingerprint density at radius 3 is 2.50 bits per heavy atom. The van der Waals surface area contributed by atoms with Crippen LogP contribution in [0.15, 0.2) is 24.3 Å². The Morgan fingerprint density at radius 2 is 1.83 bits per heavy atom. The van der Waals surface area contributed by atoms with Crippen molar-refractivity contribution in [3.63, 3.8) is 0 Å². The molecule has 0 aliphatic carbocycles. The zero-order chi connectivity index (χ0) is 13.0. The minimum absolute atomic E-state index is 0.0101. The van der Waals surface area contributed by atoms with E-state index in [4.69, 9.17) is 32.7 Å². The molecule has 0 atom stereocenters. The third kappa shape index (κ3) is 3.21. The van der Waals surface area contributed by atoms with E-state index in [0.29, 0.717) is 6.61 Å². The number of hydrogen-bond donors (Lipinski definition) is 0. The van der Waals surface area contributed by atoms with E-state index < -0.39 is 0 Å². The number of halogens is 2. The van der Waals surface area contributed by atoms with Crippen molar-refractivity contribution >= 4 is 23.2 Å². The number of nitrogens with zero attached hydrogens (tertiary/aromatic N) is 3. The molecule has 1 aromatic carbocycles. The normalized spacial score (nSPS) is 10.2. The van der Waals surface area contributed by atoms with E-state index in [-0.39, 0.29) is 16.3 Å². The molecule has 0 aliphatic heterocycles. The maximum atomic E-state index is 5.77. The number of hydrogen-bond acceptors (Lipinski definition) is 5. The molecule has 0 N–H and O–H groups in total. The summed E-state index contributed by atoms with van der Waals surface area (Å²) in [4.78, 5) is 3.83. The van der Waals surface area contributed by atoms with Crippen molar-refractivity contribution in [2.75, 3.05) is 7.11 Å². The number of ether oxygens (including phenoxy) is 2. The van der Waals surface area contributed by atoms with Gasteiger partial charge in [-0.2, -0.15) is 4.98 Å². The summed E-state index contributed by atoms with van der Waals surface area (Å²) >= 11 is 11.4. The lowest BCUT2D eigenvalue weighted by Crippen LogP contribution is -2.00. The molecular weight excluding hydrogens is 277 g/mol. The first kappa shape index (κ1) is 12.9. The molecule has 2 aromatic rings. The standard InChI is InChI=1S/C11H9Cl2N3O2/c1-17-8-4-2-7(3-5-8)6-18-10-9(12)15-16-11(13)14-10/h2-5H,6H2,1H3. The predicted molar refractivity (Wildman–Crippen MR) is 67.2 cm³/mol. The zero-order valence-electron chi connectivity index (χ0n) is 9.43. The molecule has 0 bridgehead atoms. The largest absolute Gasteiger partial charge is 0.497 e. The van der Waals surface area contributed by atoms with Crippen LogP contribution in [0.1, 0.15) is 5.56 Å². The van der Waals surface area contributed by atoms with Gasteiger partial charge in [-0.05, 0) is 29.3 Å². The van der Waals surface area contributed by atoms with Crippen molar-refractivity contribution in [3.8, 4) is 11.6 Å². The highest BCUT2D eigenvalue weighted by Gasteiger charge is 2.07. The minimum Gasteiger partial charge on any atom is -0.497 e. The average molecular weight is 286 g/mol. The molecule has 0 amide bonds. The first-order valence-electron chi connectivity index (χ1n) is 5.00. The Hall–Kier alpha value is -1.59. The fourth-order valence-electron chi connectivity index (χ4n) is 1.25. The Kier molecular flexibility index (Phi) is 4.17. The predicted octanol–water partition coefficient (Wildman–Crippen LogP) is 2.77. The van der Waals surface area contributed by atoms with E-state index in [1.54, 1.807) is 7.11 Å². The van der Waals surface area contributed by atoms with Gasteiger partial charge in [-0.3, -0.25) is 0 Å². The molecule has 0 fully saturated rings. The van der Waals surface area contributed by atoms with Gasteiger partial charge >= 0.3 is 0 Å². The third-order valence-electron chi connectivity index (χ3n) is 2.13. The molecule has 0 saturated carbocycles. The summed E-state index contributed by atoms with van der Waals surface area (Å²) < 4.78 is 10.5. The lowest BCUT2D eigenvalue weighted by atomic mass is 10.2. The zero-order valence-corrected chi connectivity index (χ0v) is 10.9. The van der Waals surface area contributed by atoms with Crippen LogP contribution in [-0.4, -0.2) is 22.3 Å². The van der Waals surface area contributed by atoms with Crippen molar-refractivity contribution in [1.29, 1.82) is 0 Å². The smallest absolute Gasteiger partial charge is 0.257 e. The van der Waals surface area contributed by atoms with Gasteiger partial charge in [0.05, 0.1) is 7.11 Å². The highest BCUT2D eigenvalue weighted by Crippen LogP contribution is 2.20. The number of methoxy groups -OCH3 is 1. The van der Waals surface area contributed by atoms with Crippen LogP contribution in [0, 0.1) is 0 Å². The van der Waals surface area contributed by atoms with Crippen LogP contribution >= 0.6 is 23.2 Å². The Bertz CT molecular complexity index is 534. The molecule has 0 aliphatic rings. The van der Waals surface area contributed by atoms with Crippen LogP contribution in [0.3, 0.4) is 0 Å². The van der Waals surface area contributed by atoms with Crippen LogP contribution in [-0.2, 0) is 6.61 Å². The number of rotatable bonds is 4. The van der Waals surface area contributed by atoms with Crippen molar-refractivity contribution in [2.45, 2.75) is 6.61 Å². The molecule has 0 saturated heterocycles. The summed E-state index contributed by atoms with van der Waals surface area (Å²) in [5, 5.41) is 7.15. The minimum atomic E-state index is -0.0101. The molecule has 2 rings (SSSR count). The van der Waals surface area contributed by atoms with Crippen molar-refractivity contribution < 1.29 is 9.47 Å². The van der Waals surface area contributed by atoms with Crippen LogP contribution in [0.4, 0.5) is 0 Å². The van der Waals surface area contributed by atoms with Crippen molar-refractivity contribution in [2.24, 2.45) is 0 Å². The van der Waals surface area contributed by atoms with Gasteiger partial charge < -0.3 is 9.47 Å². The molecule has 5 nitrogen and oxygen atoms in total. The summed E-state index contributed by atoms with van der Waals surface area (Å²) in [5.74, 6) is 0.941. The second-order valence-corrected chi connectivity index (χ2v) is 4.01. The van der Waals surface area contributed by atoms with E-state index in [0.717, 1.165) is 11.3 Å². The maximum Gasteiger partial charge on any atom is 0.257 e. The second kappa shape index (κ2) is 5.84. The van der Waals surface area contributed by atoms with Crippen LogP contribution in [0.25, 0.3) is 0 Å². The fraction of sp³-hybridized carbons (Fsp3) is 0.182. The van der Waals surface area contributed by atoms with Crippen LogP contribution in [0.5, 0.6) is 11.6 Å². The molecular formula is C11H9Cl2N3O2. The maximum absolute atomic E-state index is 5.77. The lowest BCUT2D eigenvalue weighted by Gasteiger charge is -2.06. The highest BCUT2D eigenvalue weighted by atomic mass is 35.5. The molecule has 0 unspecified atom stereocenters. The van der Waals surface area contributed by atoms with Gasteiger partial charge in [0.1, 0.15) is 12.4 Å². The summed E-state index contributed by atoms with van der Waals surface area (Å²) in [7, 11) is 1.61. The number of aromatic nitrogens is 3. The average Bonchev–Trinajstić information content (AvgIpc) is 2.40. The molecule has 0 radical (unpaired) electrons. The van der Waals surface area contributed by atoms with Gasteiger partial charge in [-0.25, -0.2) is 0 Å². The molecule has 1 heterocycles. The van der Waals surface area contributed by atoms with Crippen molar-refractivity contribution in [3.05, 3.63) is 40.3 Å². The topological polar surface area (TPSA) is 57.1 Å². The lowest BCUT2D eigenvalue weighted by molar-refractivity contribution is 0.291. The first-order valence-corrected chi connectivity index (χ1v) is 5.76. The Balaban J connectivity index is 2.04. The third-order valence-corrected chi connectivity index (χ3v) is 2.52. The molecule has 1 aromatic heterocycles. The van der Waals surface area contributed by atoms with E-state index in [1.807, 2.05) is 24.3 Å². The Labute approximate surface area is 114 Å². The van der Waals surface area contributed by atoms with Gasteiger partial charge in [-0.15, -0.1) is 10.2 Å². The van der Waals surface area contributed by atoms with E-state index in [9.17, 15) is 0 Å². The van der Waals surface area contributed by atoms with Gasteiger partial charge in [0, 0.05) is 0 Å². The number of benzene rings is 1. The van der Waals surface area contributed by atoms with Crippen molar-refractivity contribution in [1.82, 2.24) is 15.2 Å². The van der Waals surface area contributed by atoms with E-state index in [1.165, 1.54) is 0 Å². The second-order valence-electron chi connectivity index (χ2n) is 3.31. The van der Waals surface area contributed by atoms with Gasteiger partial charge in [0.15, 0.2) is 0 Å². The molecule has 0 spiro atoms. The van der Waals surface area contributed by atoms with Gasteiger partial charge in [-0.1, -0.05) is 23.7 Å². The van der Waals surface area contributed by atoms with E-state index in [2.05, 4.69) is 15.2 Å².